The van der Waals surface area contributed by atoms with E-state index >= 15 is 0 Å². The number of fused-ring (bicyclic) bond motifs is 2. The van der Waals surface area contributed by atoms with Crippen LogP contribution in [0.4, 0.5) is 5.69 Å². The maximum Gasteiger partial charge on any atom is 0.310 e. The topological polar surface area (TPSA) is 75.7 Å². The minimum absolute atomic E-state index is 0.103. The van der Waals surface area contributed by atoms with Crippen molar-refractivity contribution in [1.29, 1.82) is 0 Å². The monoisotopic (exact) mass is 342 g/mol. The van der Waals surface area contributed by atoms with Gasteiger partial charge in [0.25, 0.3) is 0 Å². The fourth-order valence-corrected chi connectivity index (χ4v) is 3.78. The van der Waals surface area contributed by atoms with E-state index in [1.807, 2.05) is 31.2 Å². The van der Waals surface area contributed by atoms with Crippen molar-refractivity contribution in [3.63, 3.8) is 0 Å². The number of carbonyl (C=O) groups excluding carboxylic acids is 3. The molecule has 0 aromatic heterocycles. The van der Waals surface area contributed by atoms with Crippen LogP contribution in [0.25, 0.3) is 0 Å². The van der Waals surface area contributed by atoms with Gasteiger partial charge < -0.3 is 15.0 Å². The van der Waals surface area contributed by atoms with Gasteiger partial charge in [0.15, 0.2) is 0 Å². The summed E-state index contributed by atoms with van der Waals surface area (Å²) >= 11 is 0. The molecule has 6 heteroatoms. The van der Waals surface area contributed by atoms with Crippen LogP contribution in [-0.4, -0.2) is 42.4 Å². The Hall–Kier alpha value is -2.63. The molecule has 3 aliphatic rings. The largest absolute Gasteiger partial charge is 0.469 e. The van der Waals surface area contributed by atoms with Crippen molar-refractivity contribution in [3.8, 4) is 0 Å². The van der Waals surface area contributed by atoms with Crippen LogP contribution in [0, 0.1) is 17.8 Å². The first kappa shape index (κ1) is 17.2. The number of rotatable bonds is 5. The van der Waals surface area contributed by atoms with Gasteiger partial charge >= 0.3 is 5.97 Å². The molecule has 6 nitrogen and oxygen atoms in total. The molecule has 2 amide bonds. The molecule has 4 atom stereocenters. The van der Waals surface area contributed by atoms with Crippen molar-refractivity contribution in [2.75, 3.05) is 19.0 Å². The number of anilines is 1. The number of piperidine rings is 1. The summed E-state index contributed by atoms with van der Waals surface area (Å²) in [4.78, 5) is 39.7. The molecule has 25 heavy (non-hydrogen) atoms. The van der Waals surface area contributed by atoms with Crippen LogP contribution in [0.3, 0.4) is 0 Å². The number of hydrogen-bond donors (Lipinski definition) is 1. The van der Waals surface area contributed by atoms with Gasteiger partial charge in [-0.2, -0.15) is 0 Å². The number of methoxy groups -OCH3 is 1. The maximum absolute atomic E-state index is 13.0. The van der Waals surface area contributed by atoms with Crippen LogP contribution in [0.1, 0.15) is 13.3 Å². The number of amides is 2. The van der Waals surface area contributed by atoms with Gasteiger partial charge in [0.2, 0.25) is 11.8 Å². The first-order valence-corrected chi connectivity index (χ1v) is 8.51. The normalized spacial score (nSPS) is 27.3. The number of nitrogens with one attached hydrogen (secondary N) is 1. The van der Waals surface area contributed by atoms with Gasteiger partial charge in [0.05, 0.1) is 30.9 Å². The van der Waals surface area contributed by atoms with Crippen LogP contribution < -0.4 is 5.32 Å². The molecule has 1 aromatic rings. The van der Waals surface area contributed by atoms with E-state index in [0.29, 0.717) is 12.2 Å². The molecule has 0 saturated carbocycles. The van der Waals surface area contributed by atoms with Crippen LogP contribution >= 0.6 is 0 Å². The number of ether oxygens (including phenoxy) is 1. The van der Waals surface area contributed by atoms with E-state index in [0.717, 1.165) is 6.42 Å². The molecule has 132 valence electrons. The van der Waals surface area contributed by atoms with Gasteiger partial charge in [-0.05, 0) is 18.6 Å². The summed E-state index contributed by atoms with van der Waals surface area (Å²) in [5.41, 5.74) is 0.662. The van der Waals surface area contributed by atoms with E-state index in [-0.39, 0.29) is 11.8 Å². The van der Waals surface area contributed by atoms with E-state index in [9.17, 15) is 14.4 Å². The van der Waals surface area contributed by atoms with E-state index in [1.165, 1.54) is 7.11 Å². The molecule has 2 aliphatic heterocycles. The third kappa shape index (κ3) is 3.04. The zero-order chi connectivity index (χ0) is 18.0. The minimum Gasteiger partial charge on any atom is -0.469 e. The van der Waals surface area contributed by atoms with Crippen LogP contribution in [0.2, 0.25) is 0 Å². The lowest BCUT2D eigenvalue weighted by atomic mass is 9.68. The highest BCUT2D eigenvalue weighted by atomic mass is 16.5. The van der Waals surface area contributed by atoms with Crippen molar-refractivity contribution in [2.45, 2.75) is 19.4 Å². The predicted octanol–water partition coefficient (Wildman–Crippen LogP) is 1.84. The second kappa shape index (κ2) is 7.09. The molecule has 4 rings (SSSR count). The van der Waals surface area contributed by atoms with E-state index in [2.05, 4.69) is 5.32 Å². The quantitative estimate of drug-likeness (QED) is 0.654. The Balaban J connectivity index is 1.93. The average Bonchev–Trinajstić information content (AvgIpc) is 2.64. The Kier molecular flexibility index (Phi) is 4.88. The Morgan fingerprint density at radius 1 is 1.16 bits per heavy atom. The predicted molar refractivity (Wildman–Crippen MR) is 92.5 cm³/mol. The van der Waals surface area contributed by atoms with Gasteiger partial charge in [-0.1, -0.05) is 37.3 Å². The molecule has 0 unspecified atom stereocenters. The Morgan fingerprint density at radius 2 is 1.88 bits per heavy atom. The highest BCUT2D eigenvalue weighted by Gasteiger charge is 2.55. The summed E-state index contributed by atoms with van der Waals surface area (Å²) in [7, 11) is 1.29. The molecule has 1 saturated heterocycles. The van der Waals surface area contributed by atoms with Crippen molar-refractivity contribution < 1.29 is 19.1 Å². The van der Waals surface area contributed by atoms with E-state index in [1.54, 1.807) is 23.1 Å². The fourth-order valence-electron chi connectivity index (χ4n) is 3.78. The van der Waals surface area contributed by atoms with Gasteiger partial charge in [0, 0.05) is 12.2 Å². The van der Waals surface area contributed by atoms with Gasteiger partial charge in [-0.3, -0.25) is 14.4 Å². The Bertz CT molecular complexity index is 701. The molecular weight excluding hydrogens is 320 g/mol. The lowest BCUT2D eigenvalue weighted by molar-refractivity contribution is -0.165. The smallest absolute Gasteiger partial charge is 0.310 e. The molecule has 1 aromatic carbocycles. The van der Waals surface area contributed by atoms with E-state index in [4.69, 9.17) is 4.74 Å². The third-order valence-electron chi connectivity index (χ3n) is 4.87. The Morgan fingerprint density at radius 3 is 2.52 bits per heavy atom. The maximum atomic E-state index is 13.0. The molecule has 2 heterocycles. The number of carbonyl (C=O) groups is 3. The highest BCUT2D eigenvalue weighted by Crippen LogP contribution is 2.41. The van der Waals surface area contributed by atoms with Crippen molar-refractivity contribution >= 4 is 23.5 Å². The van der Waals surface area contributed by atoms with Crippen molar-refractivity contribution in [3.05, 3.63) is 42.5 Å². The zero-order valence-electron chi connectivity index (χ0n) is 14.3. The first-order chi connectivity index (χ1) is 12.1. The summed E-state index contributed by atoms with van der Waals surface area (Å²) in [5.74, 6) is -2.98. The van der Waals surface area contributed by atoms with Gasteiger partial charge in [0.1, 0.15) is 0 Å². The molecule has 1 aliphatic carbocycles. The fraction of sp³-hybridized carbons (Fsp3) is 0.421. The van der Waals surface area contributed by atoms with Crippen molar-refractivity contribution in [1.82, 2.24) is 4.90 Å². The first-order valence-electron chi connectivity index (χ1n) is 8.51. The second-order valence-electron chi connectivity index (χ2n) is 6.36. The summed E-state index contributed by atoms with van der Waals surface area (Å²) in [6.45, 7) is 2.55. The molecule has 1 N–H and O–H groups in total. The molecule has 0 spiro atoms. The van der Waals surface area contributed by atoms with Gasteiger partial charge in [-0.25, -0.2) is 0 Å². The molecule has 0 radical (unpaired) electrons. The van der Waals surface area contributed by atoms with Gasteiger partial charge in [-0.15, -0.1) is 0 Å². The summed E-state index contributed by atoms with van der Waals surface area (Å²) in [6, 6.07) is 8.67. The lowest BCUT2D eigenvalue weighted by Gasteiger charge is -2.48. The number of nitrogens with zero attached hydrogens (tertiary/aromatic N) is 1. The van der Waals surface area contributed by atoms with Crippen LogP contribution in [0.5, 0.6) is 0 Å². The second-order valence-corrected chi connectivity index (χ2v) is 6.36. The van der Waals surface area contributed by atoms with Crippen LogP contribution in [0.15, 0.2) is 42.5 Å². The highest BCUT2D eigenvalue weighted by molar-refractivity contribution is 6.00. The van der Waals surface area contributed by atoms with Crippen LogP contribution in [-0.2, 0) is 19.1 Å². The number of esters is 1. The molecular formula is C19H22N2O4. The van der Waals surface area contributed by atoms with E-state index < -0.39 is 29.8 Å². The average molecular weight is 342 g/mol. The number of benzene rings is 1. The molecule has 2 bridgehead atoms. The summed E-state index contributed by atoms with van der Waals surface area (Å²) in [6.07, 6.45) is 4.40. The summed E-state index contributed by atoms with van der Waals surface area (Å²) < 4.78 is 4.89. The lowest BCUT2D eigenvalue weighted by Crippen LogP contribution is -2.62. The summed E-state index contributed by atoms with van der Waals surface area (Å²) in [5, 5.41) is 2.86. The number of para-hydroxylation sites is 1. The molecule has 1 fully saturated rings. The standard InChI is InChI=1S/C19H22N2O4/c1-3-11-21-14-10-9-13(18(21)23)15(19(24)25-2)16(14)17(22)20-12-7-5-4-6-8-12/h4-10,13-16H,3,11H2,1-2H3,(H,20,22)/t13-,14+,15+,16-/m1/s1. The van der Waals surface area contributed by atoms with Crippen molar-refractivity contribution in [2.24, 2.45) is 17.8 Å². The third-order valence-corrected chi connectivity index (χ3v) is 4.87. The Labute approximate surface area is 146 Å². The number of hydrogen-bond acceptors (Lipinski definition) is 4. The SMILES string of the molecule is CCCN1C(=O)[C@@H]2C=C[C@H]1[C@@H](C(=O)Nc1ccccc1)[C@H]2C(=O)OC. The minimum atomic E-state index is -0.788. The zero-order valence-corrected chi connectivity index (χ0v) is 14.3.